The summed E-state index contributed by atoms with van der Waals surface area (Å²) in [5, 5.41) is 5.15. The van der Waals surface area contributed by atoms with E-state index in [1.54, 1.807) is 42.5 Å². The monoisotopic (exact) mass is 415 g/mol. The summed E-state index contributed by atoms with van der Waals surface area (Å²) >= 11 is 1.52. The Labute approximate surface area is 174 Å². The predicted molar refractivity (Wildman–Crippen MR) is 115 cm³/mol. The zero-order chi connectivity index (χ0) is 21.2. The molecule has 0 bridgehead atoms. The van der Waals surface area contributed by atoms with Crippen LogP contribution < -0.4 is 16.4 Å². The number of nitrogens with one attached hydrogen (secondary N) is 2. The first-order chi connectivity index (χ1) is 13.9. The van der Waals surface area contributed by atoms with Gasteiger partial charge in [-0.1, -0.05) is 48.0 Å². The van der Waals surface area contributed by atoms with E-state index in [-0.39, 0.29) is 0 Å². The number of carbonyl (C=O) groups excluding carboxylic acids is 3. The molecule has 4 N–H and O–H groups in total. The van der Waals surface area contributed by atoms with Gasteiger partial charge in [0.1, 0.15) is 6.04 Å². The van der Waals surface area contributed by atoms with Gasteiger partial charge in [-0.15, -0.1) is 0 Å². The van der Waals surface area contributed by atoms with Gasteiger partial charge < -0.3 is 21.1 Å². The topological polar surface area (TPSA) is 111 Å². The van der Waals surface area contributed by atoms with Crippen LogP contribution in [0.15, 0.2) is 54.6 Å². The fraction of sp³-hybridized carbons (Fsp3) is 0.286. The number of esters is 1. The highest BCUT2D eigenvalue weighted by Crippen LogP contribution is 2.21. The van der Waals surface area contributed by atoms with E-state index in [0.717, 1.165) is 5.56 Å². The first-order valence-electron chi connectivity index (χ1n) is 9.08. The molecule has 0 aliphatic rings. The molecule has 2 aromatic rings. The van der Waals surface area contributed by atoms with E-state index < -0.39 is 30.1 Å². The second-order valence-electron chi connectivity index (χ2n) is 6.43. The number of hydrogen-bond acceptors (Lipinski definition) is 5. The van der Waals surface area contributed by atoms with E-state index in [1.165, 1.54) is 11.8 Å². The van der Waals surface area contributed by atoms with E-state index in [2.05, 4.69) is 10.6 Å². The smallest absolute Gasteiger partial charge is 0.329 e. The molecule has 0 spiro atoms. The molecule has 8 heteroatoms. The highest BCUT2D eigenvalue weighted by atomic mass is 32.2. The molecule has 2 aromatic carbocycles. The summed E-state index contributed by atoms with van der Waals surface area (Å²) < 4.78 is 5.52. The zero-order valence-corrected chi connectivity index (χ0v) is 17.2. The summed E-state index contributed by atoms with van der Waals surface area (Å²) in [6, 6.07) is 14.2. The molecular weight excluding hydrogens is 390 g/mol. The van der Waals surface area contributed by atoms with Gasteiger partial charge in [0.15, 0.2) is 0 Å². The van der Waals surface area contributed by atoms with Crippen LogP contribution in [0.1, 0.15) is 23.7 Å². The van der Waals surface area contributed by atoms with E-state index >= 15 is 0 Å². The number of ether oxygens (including phenoxy) is 1. The van der Waals surface area contributed by atoms with Gasteiger partial charge in [-0.05, 0) is 37.5 Å². The Balaban J connectivity index is 2.20. The van der Waals surface area contributed by atoms with Crippen LogP contribution in [0.3, 0.4) is 0 Å². The van der Waals surface area contributed by atoms with Crippen molar-refractivity contribution in [3.05, 3.63) is 65.7 Å². The number of primary amides is 1. The number of rotatable bonds is 9. The number of hydrogen-bond donors (Lipinski definition) is 3. The van der Waals surface area contributed by atoms with Gasteiger partial charge in [0.2, 0.25) is 6.10 Å². The number of anilines is 1. The van der Waals surface area contributed by atoms with Gasteiger partial charge in [-0.2, -0.15) is 11.8 Å². The Bertz CT molecular complexity index is 828. The van der Waals surface area contributed by atoms with Crippen molar-refractivity contribution < 1.29 is 19.1 Å². The van der Waals surface area contributed by atoms with E-state index in [1.807, 2.05) is 25.3 Å². The van der Waals surface area contributed by atoms with Crippen molar-refractivity contribution in [1.82, 2.24) is 5.32 Å². The summed E-state index contributed by atoms with van der Waals surface area (Å²) in [7, 11) is 0. The van der Waals surface area contributed by atoms with Crippen LogP contribution in [0.2, 0.25) is 0 Å². The normalized spacial score (nSPS) is 12.5. The highest BCUT2D eigenvalue weighted by molar-refractivity contribution is 7.98. The Morgan fingerprint density at radius 2 is 1.72 bits per heavy atom. The quantitative estimate of drug-likeness (QED) is 0.545. The van der Waals surface area contributed by atoms with E-state index in [9.17, 15) is 14.4 Å². The number of urea groups is 1. The molecule has 0 saturated carbocycles. The third-order valence-corrected chi connectivity index (χ3v) is 4.75. The molecule has 0 heterocycles. The van der Waals surface area contributed by atoms with Crippen molar-refractivity contribution in [3.63, 3.8) is 0 Å². The maximum atomic E-state index is 12.9. The lowest BCUT2D eigenvalue weighted by atomic mass is 10.1. The van der Waals surface area contributed by atoms with Crippen LogP contribution in [0.25, 0.3) is 0 Å². The summed E-state index contributed by atoms with van der Waals surface area (Å²) in [6.45, 7) is 1.95. The molecule has 0 radical (unpaired) electrons. The number of aryl methyl sites for hydroxylation is 1. The Morgan fingerprint density at radius 3 is 2.31 bits per heavy atom. The lowest BCUT2D eigenvalue weighted by Gasteiger charge is -2.22. The van der Waals surface area contributed by atoms with Crippen LogP contribution in [0.4, 0.5) is 10.5 Å². The van der Waals surface area contributed by atoms with E-state index in [4.69, 9.17) is 10.5 Å². The van der Waals surface area contributed by atoms with Crippen molar-refractivity contribution in [2.45, 2.75) is 25.5 Å². The van der Waals surface area contributed by atoms with E-state index in [0.29, 0.717) is 23.4 Å². The molecular formula is C21H25N3O4S. The molecule has 0 aliphatic heterocycles. The molecule has 154 valence electrons. The lowest BCUT2D eigenvalue weighted by molar-refractivity contribution is -0.156. The molecule has 0 aromatic heterocycles. The summed E-state index contributed by atoms with van der Waals surface area (Å²) in [4.78, 5) is 36.8. The van der Waals surface area contributed by atoms with Crippen LogP contribution in [0, 0.1) is 6.92 Å². The van der Waals surface area contributed by atoms with Crippen molar-refractivity contribution in [2.75, 3.05) is 17.3 Å². The van der Waals surface area contributed by atoms with Gasteiger partial charge in [-0.3, -0.25) is 4.79 Å². The first kappa shape index (κ1) is 22.3. The highest BCUT2D eigenvalue weighted by Gasteiger charge is 2.29. The standard InChI is InChI=1S/C21H25N3O4S/c1-14-8-10-16(11-9-14)23-19(25)18(15-6-4-3-5-7-15)28-20(26)17(12-13-29-2)24-21(22)27/h3-11,17-18H,12-13H2,1-2H3,(H,23,25)(H3,22,24,27)/t17-,18+/m1/s1. The minimum Gasteiger partial charge on any atom is -0.446 e. The average molecular weight is 416 g/mol. The van der Waals surface area contributed by atoms with Crippen LogP contribution in [0.5, 0.6) is 0 Å². The average Bonchev–Trinajstić information content (AvgIpc) is 2.71. The van der Waals surface area contributed by atoms with Crippen molar-refractivity contribution in [2.24, 2.45) is 5.73 Å². The third kappa shape index (κ3) is 7.15. The van der Waals surface area contributed by atoms with Gasteiger partial charge in [0.25, 0.3) is 5.91 Å². The zero-order valence-electron chi connectivity index (χ0n) is 16.4. The summed E-state index contributed by atoms with van der Waals surface area (Å²) in [6.07, 6.45) is 1.05. The fourth-order valence-electron chi connectivity index (χ4n) is 2.60. The summed E-state index contributed by atoms with van der Waals surface area (Å²) in [5.41, 5.74) is 7.34. The van der Waals surface area contributed by atoms with Gasteiger partial charge >= 0.3 is 12.0 Å². The minimum atomic E-state index is -1.17. The Hall–Kier alpha value is -3.00. The predicted octanol–water partition coefficient (Wildman–Crippen LogP) is 3.01. The first-order valence-corrected chi connectivity index (χ1v) is 10.5. The fourth-order valence-corrected chi connectivity index (χ4v) is 3.07. The van der Waals surface area contributed by atoms with Crippen molar-refractivity contribution in [1.29, 1.82) is 0 Å². The number of benzene rings is 2. The van der Waals surface area contributed by atoms with Crippen LogP contribution >= 0.6 is 11.8 Å². The number of amides is 3. The molecule has 3 amide bonds. The maximum Gasteiger partial charge on any atom is 0.329 e. The molecule has 0 fully saturated rings. The van der Waals surface area contributed by atoms with Gasteiger partial charge in [0.05, 0.1) is 0 Å². The van der Waals surface area contributed by atoms with Crippen LogP contribution in [-0.4, -0.2) is 36.0 Å². The lowest BCUT2D eigenvalue weighted by Crippen LogP contribution is -2.45. The SMILES string of the molecule is CSCC[C@@H](NC(N)=O)C(=O)O[C@H](C(=O)Nc1ccc(C)cc1)c1ccccc1. The maximum absolute atomic E-state index is 12.9. The summed E-state index contributed by atoms with van der Waals surface area (Å²) in [5.74, 6) is -0.590. The molecule has 7 nitrogen and oxygen atoms in total. The number of carbonyl (C=O) groups is 3. The van der Waals surface area contributed by atoms with Crippen molar-refractivity contribution in [3.8, 4) is 0 Å². The molecule has 0 unspecified atom stereocenters. The third-order valence-electron chi connectivity index (χ3n) is 4.11. The second-order valence-corrected chi connectivity index (χ2v) is 7.41. The Kier molecular flexibility index (Phi) is 8.54. The molecule has 29 heavy (non-hydrogen) atoms. The van der Waals surface area contributed by atoms with Gasteiger partial charge in [-0.25, -0.2) is 9.59 Å². The molecule has 2 rings (SSSR count). The van der Waals surface area contributed by atoms with Gasteiger partial charge in [0, 0.05) is 11.3 Å². The number of nitrogens with two attached hydrogens (primary N) is 1. The second kappa shape index (κ2) is 11.1. The number of thioether (sulfide) groups is 1. The van der Waals surface area contributed by atoms with Crippen LogP contribution in [-0.2, 0) is 14.3 Å². The largest absolute Gasteiger partial charge is 0.446 e. The molecule has 0 aliphatic carbocycles. The molecule has 0 saturated heterocycles. The van der Waals surface area contributed by atoms with Crippen molar-refractivity contribution >= 4 is 35.4 Å². The minimum absolute atomic E-state index is 0.337. The Morgan fingerprint density at radius 1 is 1.07 bits per heavy atom. The molecule has 2 atom stereocenters.